The number of carboxylic acid groups (broad SMARTS) is 2. The molecular weight excluding hydrogens is 304 g/mol. The van der Waals surface area contributed by atoms with Gasteiger partial charge in [0, 0.05) is 10.1 Å². The zero-order valence-corrected chi connectivity index (χ0v) is 12.0. The van der Waals surface area contributed by atoms with Crippen LogP contribution in [0.2, 0.25) is 0 Å². The quantitative estimate of drug-likeness (QED) is 0.666. The van der Waals surface area contributed by atoms with Gasteiger partial charge in [-0.3, -0.25) is 0 Å². The number of thioether (sulfide) groups is 1. The molecular formula is C16H10O5S. The lowest BCUT2D eigenvalue weighted by atomic mass is 10.1. The molecule has 0 saturated heterocycles. The molecule has 2 aromatic rings. The molecule has 2 aromatic carbocycles. The first-order valence-corrected chi connectivity index (χ1v) is 6.89. The van der Waals surface area contributed by atoms with Crippen molar-refractivity contribution < 1.29 is 24.5 Å². The lowest BCUT2D eigenvalue weighted by Crippen LogP contribution is -2.07. The third-order valence-electron chi connectivity index (χ3n) is 2.57. The van der Waals surface area contributed by atoms with Crippen molar-refractivity contribution in [3.05, 3.63) is 59.7 Å². The van der Waals surface area contributed by atoms with Gasteiger partial charge in [0.2, 0.25) is 0 Å². The van der Waals surface area contributed by atoms with Crippen molar-refractivity contribution in [1.82, 2.24) is 0 Å². The molecule has 0 spiro atoms. The van der Waals surface area contributed by atoms with Crippen LogP contribution >= 0.6 is 11.8 Å². The van der Waals surface area contributed by atoms with Gasteiger partial charge in [0.15, 0.2) is 0 Å². The van der Waals surface area contributed by atoms with Crippen LogP contribution in [0.5, 0.6) is 5.75 Å². The average Bonchev–Trinajstić information content (AvgIpc) is 2.52. The minimum Gasteiger partial charge on any atom is -0.478 e. The highest BCUT2D eigenvalue weighted by Crippen LogP contribution is 2.21. The number of benzene rings is 2. The molecule has 0 aliphatic carbocycles. The monoisotopic (exact) mass is 314 g/mol. The second-order valence-corrected chi connectivity index (χ2v) is 4.92. The van der Waals surface area contributed by atoms with Crippen LogP contribution in [0.3, 0.4) is 0 Å². The summed E-state index contributed by atoms with van der Waals surface area (Å²) in [7, 11) is 0. The SMILES string of the molecule is O=C(O)c1ccc(SC#COc2ccccc2)cc1C(=O)O. The molecule has 2 rings (SSSR count). The molecule has 0 aliphatic heterocycles. The Balaban J connectivity index is 2.09. The third kappa shape index (κ3) is 4.04. The molecule has 0 amide bonds. The Labute approximate surface area is 130 Å². The number of aromatic carboxylic acids is 2. The van der Waals surface area contributed by atoms with Gasteiger partial charge in [-0.25, -0.2) is 9.59 Å². The summed E-state index contributed by atoms with van der Waals surface area (Å²) in [5, 5.41) is 20.6. The van der Waals surface area contributed by atoms with Crippen molar-refractivity contribution in [2.45, 2.75) is 4.90 Å². The van der Waals surface area contributed by atoms with E-state index >= 15 is 0 Å². The number of hydrogen-bond acceptors (Lipinski definition) is 4. The van der Waals surface area contributed by atoms with E-state index in [4.69, 9.17) is 14.9 Å². The lowest BCUT2D eigenvalue weighted by Gasteiger charge is -2.02. The molecule has 2 N–H and O–H groups in total. The average molecular weight is 314 g/mol. The molecule has 0 aromatic heterocycles. The molecule has 0 heterocycles. The first kappa shape index (κ1) is 15.5. The van der Waals surface area contributed by atoms with Gasteiger partial charge < -0.3 is 14.9 Å². The largest absolute Gasteiger partial charge is 0.478 e. The number of carboxylic acids is 2. The summed E-state index contributed by atoms with van der Waals surface area (Å²) < 4.78 is 5.17. The molecule has 0 radical (unpaired) electrons. The van der Waals surface area contributed by atoms with Gasteiger partial charge in [-0.05, 0) is 42.1 Å². The smallest absolute Gasteiger partial charge is 0.336 e. The van der Waals surface area contributed by atoms with Crippen molar-refractivity contribution in [3.63, 3.8) is 0 Å². The predicted molar refractivity (Wildman–Crippen MR) is 81.1 cm³/mol. The summed E-state index contributed by atoms with van der Waals surface area (Å²) in [5.41, 5.74) is -0.534. The number of carbonyl (C=O) groups is 2. The van der Waals surface area contributed by atoms with Crippen molar-refractivity contribution in [2.75, 3.05) is 0 Å². The van der Waals surface area contributed by atoms with Crippen molar-refractivity contribution in [1.29, 1.82) is 0 Å². The summed E-state index contributed by atoms with van der Waals surface area (Å²) in [6.45, 7) is 0. The summed E-state index contributed by atoms with van der Waals surface area (Å²) in [6.07, 6.45) is 2.49. The molecule has 0 aliphatic rings. The van der Waals surface area contributed by atoms with Crippen LogP contribution in [0.1, 0.15) is 20.7 Å². The van der Waals surface area contributed by atoms with Gasteiger partial charge >= 0.3 is 11.9 Å². The molecule has 0 saturated carbocycles. The number of hydrogen-bond donors (Lipinski definition) is 2. The maximum absolute atomic E-state index is 11.1. The van der Waals surface area contributed by atoms with E-state index in [1.807, 2.05) is 18.2 Å². The van der Waals surface area contributed by atoms with Crippen LogP contribution in [-0.2, 0) is 0 Å². The van der Waals surface area contributed by atoms with E-state index in [-0.39, 0.29) is 11.1 Å². The molecule has 22 heavy (non-hydrogen) atoms. The maximum Gasteiger partial charge on any atom is 0.336 e. The van der Waals surface area contributed by atoms with Gasteiger partial charge in [-0.2, -0.15) is 0 Å². The normalized spacial score (nSPS) is 9.45. The molecule has 110 valence electrons. The Morgan fingerprint density at radius 1 is 0.955 bits per heavy atom. The molecule has 0 unspecified atom stereocenters. The zero-order valence-electron chi connectivity index (χ0n) is 11.1. The first-order valence-electron chi connectivity index (χ1n) is 6.07. The minimum atomic E-state index is -1.30. The van der Waals surface area contributed by atoms with E-state index in [0.29, 0.717) is 10.6 Å². The second kappa shape index (κ2) is 7.20. The Kier molecular flexibility index (Phi) is 5.07. The topological polar surface area (TPSA) is 83.8 Å². The fraction of sp³-hybridized carbons (Fsp3) is 0. The van der Waals surface area contributed by atoms with Crippen LogP contribution in [0.15, 0.2) is 53.4 Å². The molecule has 0 fully saturated rings. The highest BCUT2D eigenvalue weighted by atomic mass is 32.2. The van der Waals surface area contributed by atoms with Crippen molar-refractivity contribution >= 4 is 23.7 Å². The zero-order chi connectivity index (χ0) is 15.9. The van der Waals surface area contributed by atoms with Crippen molar-refractivity contribution in [3.8, 4) is 17.1 Å². The molecule has 0 bridgehead atoms. The van der Waals surface area contributed by atoms with E-state index in [9.17, 15) is 9.59 Å². The summed E-state index contributed by atoms with van der Waals surface area (Å²) in [6, 6.07) is 13.0. The summed E-state index contributed by atoms with van der Waals surface area (Å²) in [5.74, 6) is -1.98. The fourth-order valence-corrected chi connectivity index (χ4v) is 2.11. The van der Waals surface area contributed by atoms with E-state index in [0.717, 1.165) is 11.8 Å². The highest BCUT2D eigenvalue weighted by Gasteiger charge is 2.16. The van der Waals surface area contributed by atoms with Crippen LogP contribution < -0.4 is 4.74 Å². The van der Waals surface area contributed by atoms with E-state index in [1.54, 1.807) is 12.1 Å². The fourth-order valence-electron chi connectivity index (χ4n) is 1.60. The van der Waals surface area contributed by atoms with Gasteiger partial charge in [0.05, 0.1) is 11.1 Å². The van der Waals surface area contributed by atoms with E-state index in [2.05, 4.69) is 11.4 Å². The second-order valence-electron chi connectivity index (χ2n) is 4.04. The highest BCUT2D eigenvalue weighted by molar-refractivity contribution is 8.03. The van der Waals surface area contributed by atoms with Crippen LogP contribution in [0, 0.1) is 11.4 Å². The van der Waals surface area contributed by atoms with Crippen molar-refractivity contribution in [2.24, 2.45) is 0 Å². The first-order chi connectivity index (χ1) is 10.6. The number of ether oxygens (including phenoxy) is 1. The standard InChI is InChI=1S/C16H10O5S/c17-15(18)13-7-6-12(10-14(13)16(19)20)22-9-8-21-11-4-2-1-3-5-11/h1-7,10H,(H,17,18)(H,19,20). The Morgan fingerprint density at radius 2 is 1.64 bits per heavy atom. The van der Waals surface area contributed by atoms with Gasteiger partial charge in [-0.1, -0.05) is 18.2 Å². The minimum absolute atomic E-state index is 0.259. The Bertz CT molecular complexity index is 759. The Morgan fingerprint density at radius 3 is 2.27 bits per heavy atom. The molecule has 6 heteroatoms. The summed E-state index contributed by atoms with van der Waals surface area (Å²) in [4.78, 5) is 22.5. The third-order valence-corrected chi connectivity index (χ3v) is 3.25. The predicted octanol–water partition coefficient (Wildman–Crippen LogP) is 3.17. The van der Waals surface area contributed by atoms with Gasteiger partial charge in [0.1, 0.15) is 11.9 Å². The van der Waals surface area contributed by atoms with Gasteiger partial charge in [0.25, 0.3) is 0 Å². The summed E-state index contributed by atoms with van der Waals surface area (Å²) >= 11 is 1.05. The van der Waals surface area contributed by atoms with Gasteiger partial charge in [-0.15, -0.1) is 0 Å². The van der Waals surface area contributed by atoms with Crippen LogP contribution in [0.25, 0.3) is 0 Å². The maximum atomic E-state index is 11.1. The Hall–Kier alpha value is -2.91. The molecule has 0 atom stereocenters. The van der Waals surface area contributed by atoms with E-state index in [1.165, 1.54) is 18.2 Å². The number of para-hydroxylation sites is 1. The number of rotatable bonds is 4. The lowest BCUT2D eigenvalue weighted by molar-refractivity contribution is 0.0651. The van der Waals surface area contributed by atoms with Crippen LogP contribution in [0.4, 0.5) is 0 Å². The molecule has 5 nitrogen and oxygen atoms in total. The van der Waals surface area contributed by atoms with Crippen LogP contribution in [-0.4, -0.2) is 22.2 Å². The van der Waals surface area contributed by atoms with E-state index < -0.39 is 11.9 Å².